The second-order valence-electron chi connectivity index (χ2n) is 4.64. The molecule has 0 radical (unpaired) electrons. The molecule has 0 aliphatic carbocycles. The van der Waals surface area contributed by atoms with Gasteiger partial charge in [0.15, 0.2) is 0 Å². The van der Waals surface area contributed by atoms with Crippen LogP contribution in [-0.2, 0) is 9.84 Å². The fourth-order valence-corrected chi connectivity index (χ4v) is 4.05. The average Bonchev–Trinajstić information content (AvgIpc) is 2.10. The van der Waals surface area contributed by atoms with Crippen molar-refractivity contribution in [1.29, 1.82) is 0 Å². The van der Waals surface area contributed by atoms with Gasteiger partial charge in [0.05, 0.1) is 11.5 Å². The van der Waals surface area contributed by atoms with Gasteiger partial charge >= 0.3 is 0 Å². The highest BCUT2D eigenvalue weighted by molar-refractivity contribution is 7.91. The molecule has 0 amide bonds. The third-order valence-electron chi connectivity index (χ3n) is 3.37. The van der Waals surface area contributed by atoms with Crippen molar-refractivity contribution < 1.29 is 17.2 Å². The summed E-state index contributed by atoms with van der Waals surface area (Å²) in [4.78, 5) is 0. The van der Waals surface area contributed by atoms with Crippen molar-refractivity contribution in [3.8, 4) is 0 Å². The summed E-state index contributed by atoms with van der Waals surface area (Å²) in [5, 5.41) is 3.08. The second-order valence-corrected chi connectivity index (χ2v) is 6.95. The lowest BCUT2D eigenvalue weighted by Gasteiger charge is -2.44. The molecule has 1 spiro atoms. The first-order valence-electron chi connectivity index (χ1n) is 5.16. The Morgan fingerprint density at radius 1 is 1.07 bits per heavy atom. The van der Waals surface area contributed by atoms with Crippen LogP contribution in [0.4, 0.5) is 8.78 Å². The van der Waals surface area contributed by atoms with E-state index in [-0.39, 0.29) is 30.9 Å². The van der Waals surface area contributed by atoms with Crippen LogP contribution in [0.15, 0.2) is 0 Å². The highest BCUT2D eigenvalue weighted by Crippen LogP contribution is 2.39. The van der Waals surface area contributed by atoms with E-state index in [4.69, 9.17) is 0 Å². The molecule has 88 valence electrons. The van der Waals surface area contributed by atoms with Gasteiger partial charge in [0, 0.05) is 24.9 Å². The molecule has 0 bridgehead atoms. The lowest BCUT2D eigenvalue weighted by molar-refractivity contribution is -0.0653. The number of hydrogen-bond acceptors (Lipinski definition) is 3. The highest BCUT2D eigenvalue weighted by atomic mass is 32.2. The molecule has 2 aliphatic heterocycles. The smallest absolute Gasteiger partial charge is 0.251 e. The number of halogens is 2. The highest BCUT2D eigenvalue weighted by Gasteiger charge is 2.47. The number of nitrogens with one attached hydrogen (secondary N) is 1. The van der Waals surface area contributed by atoms with E-state index in [0.717, 1.165) is 0 Å². The summed E-state index contributed by atoms with van der Waals surface area (Å²) in [6.45, 7) is 0.285. The van der Waals surface area contributed by atoms with Crippen LogP contribution >= 0.6 is 0 Å². The summed E-state index contributed by atoms with van der Waals surface area (Å²) in [7, 11) is -2.98. The van der Waals surface area contributed by atoms with E-state index in [1.165, 1.54) is 0 Å². The Morgan fingerprint density at radius 3 is 2.20 bits per heavy atom. The standard InChI is InChI=1S/C9H15F2NO2S/c10-9(11)1-4-12-8(7-9)2-5-15(13,14)6-3-8/h12H,1-7H2. The van der Waals surface area contributed by atoms with Crippen molar-refractivity contribution in [2.24, 2.45) is 0 Å². The van der Waals surface area contributed by atoms with E-state index in [2.05, 4.69) is 5.32 Å². The summed E-state index contributed by atoms with van der Waals surface area (Å²) < 4.78 is 48.9. The van der Waals surface area contributed by atoms with Crippen molar-refractivity contribution >= 4 is 9.84 Å². The number of hydrogen-bond donors (Lipinski definition) is 1. The predicted octanol–water partition coefficient (Wildman–Crippen LogP) is 0.953. The van der Waals surface area contributed by atoms with Crippen LogP contribution < -0.4 is 5.32 Å². The molecule has 0 saturated carbocycles. The molecule has 0 aromatic rings. The van der Waals surface area contributed by atoms with Crippen molar-refractivity contribution in [1.82, 2.24) is 5.32 Å². The molecule has 2 saturated heterocycles. The minimum Gasteiger partial charge on any atom is -0.311 e. The summed E-state index contributed by atoms with van der Waals surface area (Å²) in [5.74, 6) is -2.56. The fourth-order valence-electron chi connectivity index (χ4n) is 2.44. The number of rotatable bonds is 0. The zero-order chi connectivity index (χ0) is 11.2. The molecule has 0 unspecified atom stereocenters. The number of piperidine rings is 1. The molecule has 1 N–H and O–H groups in total. The molecule has 0 aromatic heterocycles. The maximum Gasteiger partial charge on any atom is 0.251 e. The van der Waals surface area contributed by atoms with E-state index in [9.17, 15) is 17.2 Å². The van der Waals surface area contributed by atoms with E-state index >= 15 is 0 Å². The van der Waals surface area contributed by atoms with Crippen molar-refractivity contribution in [3.63, 3.8) is 0 Å². The van der Waals surface area contributed by atoms with Gasteiger partial charge in [-0.1, -0.05) is 0 Å². The average molecular weight is 239 g/mol. The van der Waals surface area contributed by atoms with Crippen LogP contribution in [-0.4, -0.2) is 37.9 Å². The Hall–Kier alpha value is -0.230. The zero-order valence-electron chi connectivity index (χ0n) is 8.43. The first-order chi connectivity index (χ1) is 6.83. The van der Waals surface area contributed by atoms with Gasteiger partial charge in [-0.15, -0.1) is 0 Å². The van der Waals surface area contributed by atoms with E-state index in [1.54, 1.807) is 0 Å². The third-order valence-corrected chi connectivity index (χ3v) is 5.02. The molecule has 2 heterocycles. The van der Waals surface area contributed by atoms with Crippen molar-refractivity contribution in [2.45, 2.75) is 37.1 Å². The first kappa shape index (κ1) is 11.3. The summed E-state index contributed by atoms with van der Waals surface area (Å²) in [6.07, 6.45) is 0.298. The van der Waals surface area contributed by atoms with Gasteiger partial charge in [0.25, 0.3) is 5.92 Å². The van der Waals surface area contributed by atoms with E-state index in [0.29, 0.717) is 12.8 Å². The minimum atomic E-state index is -2.98. The van der Waals surface area contributed by atoms with Crippen LogP contribution in [0.5, 0.6) is 0 Å². The number of sulfone groups is 1. The Morgan fingerprint density at radius 2 is 1.67 bits per heavy atom. The van der Waals surface area contributed by atoms with Crippen LogP contribution in [0.2, 0.25) is 0 Å². The fraction of sp³-hybridized carbons (Fsp3) is 1.00. The SMILES string of the molecule is O=S1(=O)CCC2(CC1)CC(F)(F)CCN2. The Bertz CT molecular complexity index is 339. The van der Waals surface area contributed by atoms with Crippen molar-refractivity contribution in [3.05, 3.63) is 0 Å². The molecule has 2 fully saturated rings. The van der Waals surface area contributed by atoms with Gasteiger partial charge < -0.3 is 5.32 Å². The van der Waals surface area contributed by atoms with Crippen LogP contribution in [0.1, 0.15) is 25.7 Å². The molecular formula is C9H15F2NO2S. The van der Waals surface area contributed by atoms with Crippen LogP contribution in [0, 0.1) is 0 Å². The zero-order valence-corrected chi connectivity index (χ0v) is 9.25. The van der Waals surface area contributed by atoms with Gasteiger partial charge in [0.1, 0.15) is 9.84 Å². The summed E-state index contributed by atoms with van der Waals surface area (Å²) in [6, 6.07) is 0. The van der Waals surface area contributed by atoms with Crippen LogP contribution in [0.3, 0.4) is 0 Å². The van der Waals surface area contributed by atoms with Gasteiger partial charge in [0.2, 0.25) is 0 Å². The maximum absolute atomic E-state index is 13.2. The van der Waals surface area contributed by atoms with Gasteiger partial charge in [-0.05, 0) is 12.8 Å². The van der Waals surface area contributed by atoms with Crippen molar-refractivity contribution in [2.75, 3.05) is 18.1 Å². The van der Waals surface area contributed by atoms with E-state index in [1.807, 2.05) is 0 Å². The largest absolute Gasteiger partial charge is 0.311 e. The molecule has 2 aliphatic rings. The second kappa shape index (κ2) is 3.38. The molecule has 15 heavy (non-hydrogen) atoms. The lowest BCUT2D eigenvalue weighted by atomic mass is 9.82. The van der Waals surface area contributed by atoms with E-state index < -0.39 is 21.3 Å². The molecule has 2 rings (SSSR count). The molecule has 6 heteroatoms. The first-order valence-corrected chi connectivity index (χ1v) is 6.98. The predicted molar refractivity (Wildman–Crippen MR) is 52.8 cm³/mol. The topological polar surface area (TPSA) is 46.2 Å². The Kier molecular flexibility index (Phi) is 2.54. The monoisotopic (exact) mass is 239 g/mol. The maximum atomic E-state index is 13.2. The van der Waals surface area contributed by atoms with Gasteiger partial charge in [-0.2, -0.15) is 0 Å². The molecule has 0 atom stereocenters. The third kappa shape index (κ3) is 2.47. The molecule has 3 nitrogen and oxygen atoms in total. The minimum absolute atomic E-state index is 0.0378. The lowest BCUT2D eigenvalue weighted by Crippen LogP contribution is -2.58. The van der Waals surface area contributed by atoms with Crippen LogP contribution in [0.25, 0.3) is 0 Å². The Balaban J connectivity index is 2.09. The quantitative estimate of drug-likeness (QED) is 0.684. The summed E-state index contributed by atoms with van der Waals surface area (Å²) in [5.41, 5.74) is -0.632. The Labute approximate surface area is 88.2 Å². The summed E-state index contributed by atoms with van der Waals surface area (Å²) >= 11 is 0. The number of alkyl halides is 2. The van der Waals surface area contributed by atoms with Gasteiger partial charge in [-0.25, -0.2) is 17.2 Å². The molecular weight excluding hydrogens is 224 g/mol. The molecule has 0 aromatic carbocycles. The van der Waals surface area contributed by atoms with Gasteiger partial charge in [-0.3, -0.25) is 0 Å². The normalized spacial score (nSPS) is 32.7.